The van der Waals surface area contributed by atoms with Crippen LogP contribution in [0.4, 0.5) is 4.39 Å². The summed E-state index contributed by atoms with van der Waals surface area (Å²) in [4.78, 5) is 27.0. The topological polar surface area (TPSA) is 79.9 Å². The van der Waals surface area contributed by atoms with E-state index in [1.54, 1.807) is 12.1 Å². The van der Waals surface area contributed by atoms with Crippen LogP contribution in [-0.2, 0) is 27.2 Å². The molecule has 0 aromatic heterocycles. The van der Waals surface area contributed by atoms with Gasteiger partial charge in [-0.25, -0.2) is 4.39 Å². The van der Waals surface area contributed by atoms with Gasteiger partial charge in [0.1, 0.15) is 11.9 Å². The summed E-state index contributed by atoms with van der Waals surface area (Å²) in [5, 5.41) is 6.55. The van der Waals surface area contributed by atoms with E-state index >= 15 is 4.39 Å². The molecule has 1 aliphatic carbocycles. The molecule has 1 unspecified atom stereocenters. The minimum absolute atomic E-state index is 0.116. The number of carbonyl (C=O) groups excluding carboxylic acids is 2. The van der Waals surface area contributed by atoms with Crippen LogP contribution in [0.15, 0.2) is 24.4 Å². The number of fused-ring (bicyclic) bond motifs is 1. The molecular formula is C29H40FN3O4. The fourth-order valence-corrected chi connectivity index (χ4v) is 6.39. The highest BCUT2D eigenvalue weighted by atomic mass is 19.1. The Kier molecular flexibility index (Phi) is 7.98. The quantitative estimate of drug-likeness (QED) is 0.577. The van der Waals surface area contributed by atoms with Gasteiger partial charge in [0.25, 0.3) is 5.91 Å². The van der Waals surface area contributed by atoms with E-state index in [1.165, 1.54) is 4.90 Å². The van der Waals surface area contributed by atoms with E-state index < -0.39 is 6.04 Å². The van der Waals surface area contributed by atoms with E-state index in [2.05, 4.69) is 31.1 Å². The van der Waals surface area contributed by atoms with Gasteiger partial charge in [-0.2, -0.15) is 0 Å². The van der Waals surface area contributed by atoms with Crippen molar-refractivity contribution in [1.29, 1.82) is 0 Å². The fourth-order valence-electron chi connectivity index (χ4n) is 6.39. The van der Waals surface area contributed by atoms with Crippen LogP contribution in [0, 0.1) is 5.82 Å². The Morgan fingerprint density at radius 2 is 1.97 bits per heavy atom. The van der Waals surface area contributed by atoms with Crippen molar-refractivity contribution in [2.75, 3.05) is 6.61 Å². The number of benzene rings is 1. The number of piperidine rings is 1. The first-order chi connectivity index (χ1) is 17.8. The summed E-state index contributed by atoms with van der Waals surface area (Å²) >= 11 is 0. The number of rotatable bonds is 7. The third-order valence-electron chi connectivity index (χ3n) is 8.29. The number of amides is 2. The van der Waals surface area contributed by atoms with Gasteiger partial charge in [0.15, 0.2) is 0 Å². The average molecular weight is 514 g/mol. The third kappa shape index (κ3) is 5.76. The van der Waals surface area contributed by atoms with Crippen molar-refractivity contribution in [3.05, 3.63) is 46.9 Å². The van der Waals surface area contributed by atoms with E-state index in [1.807, 2.05) is 0 Å². The normalized spacial score (nSPS) is 30.5. The number of allylic oxidation sites excluding steroid dienone is 1. The molecule has 7 nitrogen and oxygen atoms in total. The zero-order chi connectivity index (χ0) is 26.1. The first-order valence-corrected chi connectivity index (χ1v) is 13.9. The Bertz CT molecular complexity index is 1040. The lowest BCUT2D eigenvalue weighted by Crippen LogP contribution is -2.51. The first-order valence-electron chi connectivity index (χ1n) is 13.9. The predicted octanol–water partition coefficient (Wildman–Crippen LogP) is 3.99. The molecule has 0 spiro atoms. The summed E-state index contributed by atoms with van der Waals surface area (Å²) in [6.07, 6.45) is 8.35. The van der Waals surface area contributed by atoms with Crippen molar-refractivity contribution in [2.24, 2.45) is 0 Å². The molecule has 1 saturated carbocycles. The van der Waals surface area contributed by atoms with Crippen LogP contribution in [0.5, 0.6) is 0 Å². The summed E-state index contributed by atoms with van der Waals surface area (Å²) in [6, 6.07) is 3.45. The molecule has 37 heavy (non-hydrogen) atoms. The largest absolute Gasteiger partial charge is 0.376 e. The minimum Gasteiger partial charge on any atom is -0.376 e. The minimum atomic E-state index is -0.593. The van der Waals surface area contributed by atoms with Crippen LogP contribution in [0.25, 0.3) is 0 Å². The summed E-state index contributed by atoms with van der Waals surface area (Å²) < 4.78 is 27.9. The molecule has 1 aromatic rings. The van der Waals surface area contributed by atoms with Gasteiger partial charge in [-0.1, -0.05) is 12.6 Å². The van der Waals surface area contributed by atoms with Crippen molar-refractivity contribution >= 4 is 11.8 Å². The molecule has 3 aliphatic heterocycles. The van der Waals surface area contributed by atoms with Gasteiger partial charge in [-0.3, -0.25) is 9.59 Å². The van der Waals surface area contributed by atoms with Gasteiger partial charge in [0.05, 0.1) is 24.9 Å². The van der Waals surface area contributed by atoms with Gasteiger partial charge in [-0.15, -0.1) is 0 Å². The Labute approximate surface area is 219 Å². The lowest BCUT2D eigenvalue weighted by atomic mass is 9.89. The van der Waals surface area contributed by atoms with Crippen molar-refractivity contribution in [2.45, 2.75) is 115 Å². The number of ether oxygens (including phenoxy) is 2. The van der Waals surface area contributed by atoms with Gasteiger partial charge >= 0.3 is 0 Å². The maximum absolute atomic E-state index is 15.8. The van der Waals surface area contributed by atoms with Gasteiger partial charge in [0.2, 0.25) is 5.91 Å². The second-order valence-corrected chi connectivity index (χ2v) is 11.3. The lowest BCUT2D eigenvalue weighted by molar-refractivity contribution is -0.126. The summed E-state index contributed by atoms with van der Waals surface area (Å²) in [6.45, 7) is 8.78. The first kappa shape index (κ1) is 26.3. The van der Waals surface area contributed by atoms with E-state index in [4.69, 9.17) is 9.47 Å². The lowest BCUT2D eigenvalue weighted by Gasteiger charge is -2.38. The Hall–Kier alpha value is -2.29. The molecule has 0 radical (unpaired) electrons. The summed E-state index contributed by atoms with van der Waals surface area (Å²) in [7, 11) is 0. The standard InChI is InChI=1S/C29H40FN3O4/c1-17(2)37-21-10-8-20(9-11-21)32-24-5-4-14-36-26(24)15-19-7-12-22-23(27(19)30)16-33(29(22)35)25-13-6-18(3)31-28(25)34/h7,12,17,20-21,24-26,32H,3-6,8-11,13-16H2,1-2H3,(H,31,34)/t20-,21-,24-,25?,26+/m0/s1. The van der Waals surface area contributed by atoms with Gasteiger partial charge in [0, 0.05) is 41.9 Å². The molecule has 2 saturated heterocycles. The van der Waals surface area contributed by atoms with Crippen LogP contribution >= 0.6 is 0 Å². The number of nitrogens with one attached hydrogen (secondary N) is 2. The number of nitrogens with zero attached hydrogens (tertiary/aromatic N) is 1. The van der Waals surface area contributed by atoms with E-state index in [-0.39, 0.29) is 42.4 Å². The van der Waals surface area contributed by atoms with Gasteiger partial charge < -0.3 is 25.0 Å². The Morgan fingerprint density at radius 1 is 1.19 bits per heavy atom. The molecular weight excluding hydrogens is 473 g/mol. The molecule has 0 bridgehead atoms. The van der Waals surface area contributed by atoms with Crippen LogP contribution in [0.2, 0.25) is 0 Å². The highest BCUT2D eigenvalue weighted by molar-refractivity contribution is 6.01. The van der Waals surface area contributed by atoms with E-state index in [0.29, 0.717) is 60.4 Å². The average Bonchev–Trinajstić information content (AvgIpc) is 3.20. The second-order valence-electron chi connectivity index (χ2n) is 11.3. The fraction of sp³-hybridized carbons (Fsp3) is 0.655. The van der Waals surface area contributed by atoms with Crippen LogP contribution in [-0.4, -0.2) is 59.8 Å². The smallest absolute Gasteiger partial charge is 0.255 e. The molecule has 3 fully saturated rings. The Balaban J connectivity index is 1.23. The maximum atomic E-state index is 15.8. The number of carbonyl (C=O) groups is 2. The molecule has 3 atom stereocenters. The zero-order valence-corrected chi connectivity index (χ0v) is 22.1. The van der Waals surface area contributed by atoms with Crippen LogP contribution < -0.4 is 10.6 Å². The number of hydrogen-bond donors (Lipinski definition) is 2. The van der Waals surface area contributed by atoms with Crippen molar-refractivity contribution < 1.29 is 23.5 Å². The van der Waals surface area contributed by atoms with E-state index in [0.717, 1.165) is 38.5 Å². The second kappa shape index (κ2) is 11.2. The van der Waals surface area contributed by atoms with Gasteiger partial charge in [-0.05, 0) is 76.8 Å². The predicted molar refractivity (Wildman–Crippen MR) is 138 cm³/mol. The molecule has 4 aliphatic rings. The molecule has 202 valence electrons. The molecule has 2 N–H and O–H groups in total. The monoisotopic (exact) mass is 513 g/mol. The summed E-state index contributed by atoms with van der Waals surface area (Å²) in [5.74, 6) is -0.862. The van der Waals surface area contributed by atoms with E-state index in [9.17, 15) is 9.59 Å². The van der Waals surface area contributed by atoms with Crippen LogP contribution in [0.3, 0.4) is 0 Å². The zero-order valence-electron chi connectivity index (χ0n) is 22.1. The maximum Gasteiger partial charge on any atom is 0.255 e. The number of hydrogen-bond acceptors (Lipinski definition) is 5. The highest BCUT2D eigenvalue weighted by Gasteiger charge is 2.40. The van der Waals surface area contributed by atoms with Crippen molar-refractivity contribution in [3.8, 4) is 0 Å². The molecule has 5 rings (SSSR count). The van der Waals surface area contributed by atoms with Crippen LogP contribution in [0.1, 0.15) is 86.7 Å². The molecule has 2 amide bonds. The summed E-state index contributed by atoms with van der Waals surface area (Å²) in [5.41, 5.74) is 1.98. The Morgan fingerprint density at radius 3 is 2.70 bits per heavy atom. The van der Waals surface area contributed by atoms with Crippen molar-refractivity contribution in [1.82, 2.24) is 15.5 Å². The van der Waals surface area contributed by atoms with Crippen molar-refractivity contribution in [3.63, 3.8) is 0 Å². The molecule has 8 heteroatoms. The SMILES string of the molecule is C=C1CCC(N2Cc3c(ccc(C[C@H]4OCCC[C@@H]4N[C@H]4CC[C@H](OC(C)C)CC4)c3F)C2=O)C(=O)N1. The number of halogens is 1. The molecule has 1 aromatic carbocycles. The third-order valence-corrected chi connectivity index (χ3v) is 8.29. The molecule has 3 heterocycles. The highest BCUT2D eigenvalue weighted by Crippen LogP contribution is 2.33.